The second-order valence-corrected chi connectivity index (χ2v) is 7.18. The van der Waals surface area contributed by atoms with Crippen molar-refractivity contribution in [2.24, 2.45) is 0 Å². The van der Waals surface area contributed by atoms with Crippen molar-refractivity contribution in [1.29, 1.82) is 0 Å². The maximum absolute atomic E-state index is 9.60. The van der Waals surface area contributed by atoms with Gasteiger partial charge in [0.05, 0.1) is 24.1 Å². The van der Waals surface area contributed by atoms with Gasteiger partial charge in [0.25, 0.3) is 0 Å². The molecule has 0 aliphatic heterocycles. The van der Waals surface area contributed by atoms with Gasteiger partial charge in [-0.15, -0.1) is 0 Å². The molecule has 1 heterocycles. The molecular formula is C20H30N4O2. The van der Waals surface area contributed by atoms with E-state index in [0.717, 1.165) is 62.3 Å². The van der Waals surface area contributed by atoms with Gasteiger partial charge in [0.2, 0.25) is 0 Å². The van der Waals surface area contributed by atoms with E-state index in [1.165, 1.54) is 5.56 Å². The van der Waals surface area contributed by atoms with Gasteiger partial charge in [0.1, 0.15) is 5.75 Å². The van der Waals surface area contributed by atoms with Crippen LogP contribution in [-0.4, -0.2) is 59.6 Å². The Morgan fingerprint density at radius 3 is 2.65 bits per heavy atom. The first-order valence-electron chi connectivity index (χ1n) is 9.46. The van der Waals surface area contributed by atoms with Crippen molar-refractivity contribution in [3.8, 4) is 17.0 Å². The van der Waals surface area contributed by atoms with Crippen molar-refractivity contribution in [2.45, 2.75) is 44.4 Å². The number of benzene rings is 1. The summed E-state index contributed by atoms with van der Waals surface area (Å²) in [6.45, 7) is 2.81. The molecule has 26 heavy (non-hydrogen) atoms. The molecule has 1 fully saturated rings. The molecular weight excluding hydrogens is 328 g/mol. The summed E-state index contributed by atoms with van der Waals surface area (Å²) >= 11 is 0. The van der Waals surface area contributed by atoms with Crippen LogP contribution in [0.25, 0.3) is 11.3 Å². The topological polar surface area (TPSA) is 73.4 Å². The zero-order valence-electron chi connectivity index (χ0n) is 15.7. The van der Waals surface area contributed by atoms with Crippen LogP contribution in [-0.2, 0) is 6.54 Å². The number of nitrogens with zero attached hydrogens (tertiary/aromatic N) is 2. The summed E-state index contributed by atoms with van der Waals surface area (Å²) in [5.41, 5.74) is 3.37. The number of aliphatic hydroxyl groups excluding tert-OH is 1. The van der Waals surface area contributed by atoms with Gasteiger partial charge in [0, 0.05) is 30.8 Å². The summed E-state index contributed by atoms with van der Waals surface area (Å²) in [5, 5.41) is 20.1. The van der Waals surface area contributed by atoms with Crippen LogP contribution in [0.1, 0.15) is 31.2 Å². The smallest absolute Gasteiger partial charge is 0.119 e. The molecule has 142 valence electrons. The maximum Gasteiger partial charge on any atom is 0.119 e. The summed E-state index contributed by atoms with van der Waals surface area (Å²) in [4.78, 5) is 2.28. The zero-order chi connectivity index (χ0) is 18.4. The van der Waals surface area contributed by atoms with Gasteiger partial charge in [-0.05, 0) is 64.0 Å². The lowest BCUT2D eigenvalue weighted by Gasteiger charge is -2.26. The first-order valence-corrected chi connectivity index (χ1v) is 9.46. The molecule has 2 aromatic rings. The fourth-order valence-corrected chi connectivity index (χ4v) is 3.41. The quantitative estimate of drug-likeness (QED) is 0.676. The first kappa shape index (κ1) is 18.9. The molecule has 0 amide bonds. The van der Waals surface area contributed by atoms with Crippen LogP contribution in [0.5, 0.6) is 5.75 Å². The molecule has 0 saturated heterocycles. The van der Waals surface area contributed by atoms with Gasteiger partial charge in [-0.2, -0.15) is 5.10 Å². The molecule has 1 aromatic heterocycles. The number of aromatic amines is 1. The largest absolute Gasteiger partial charge is 0.490 e. The summed E-state index contributed by atoms with van der Waals surface area (Å²) in [6, 6.07) is 8.21. The van der Waals surface area contributed by atoms with Crippen molar-refractivity contribution >= 4 is 0 Å². The van der Waals surface area contributed by atoms with E-state index < -0.39 is 0 Å². The molecule has 3 rings (SSSR count). The van der Waals surface area contributed by atoms with Gasteiger partial charge in [-0.3, -0.25) is 5.10 Å². The van der Waals surface area contributed by atoms with E-state index in [2.05, 4.69) is 39.6 Å². The molecule has 1 aliphatic rings. The Hall–Kier alpha value is -1.89. The normalized spacial score (nSPS) is 20.5. The fraction of sp³-hybridized carbons (Fsp3) is 0.550. The van der Waals surface area contributed by atoms with E-state index >= 15 is 0 Å². The van der Waals surface area contributed by atoms with Crippen LogP contribution in [0.3, 0.4) is 0 Å². The second-order valence-electron chi connectivity index (χ2n) is 7.18. The predicted molar refractivity (Wildman–Crippen MR) is 103 cm³/mol. The minimum atomic E-state index is -0.151. The average molecular weight is 358 g/mol. The number of aliphatic hydroxyl groups is 1. The van der Waals surface area contributed by atoms with Crippen LogP contribution in [0, 0.1) is 0 Å². The molecule has 6 nitrogen and oxygen atoms in total. The lowest BCUT2D eigenvalue weighted by molar-refractivity contribution is 0.0666. The third-order valence-corrected chi connectivity index (χ3v) is 4.99. The monoisotopic (exact) mass is 358 g/mol. The Morgan fingerprint density at radius 1 is 1.23 bits per heavy atom. The van der Waals surface area contributed by atoms with Gasteiger partial charge < -0.3 is 20.1 Å². The molecule has 1 saturated carbocycles. The highest BCUT2D eigenvalue weighted by molar-refractivity contribution is 5.63. The third-order valence-electron chi connectivity index (χ3n) is 4.99. The second kappa shape index (κ2) is 9.16. The van der Waals surface area contributed by atoms with Crippen LogP contribution in [0.15, 0.2) is 30.5 Å². The Labute approximate surface area is 155 Å². The maximum atomic E-state index is 9.60. The number of hydrogen-bond donors (Lipinski definition) is 3. The molecule has 1 aromatic carbocycles. The number of rotatable bonds is 8. The van der Waals surface area contributed by atoms with E-state index in [0.29, 0.717) is 0 Å². The van der Waals surface area contributed by atoms with Gasteiger partial charge in [0.15, 0.2) is 0 Å². The number of nitrogens with one attached hydrogen (secondary N) is 2. The summed E-state index contributed by atoms with van der Waals surface area (Å²) in [6.07, 6.45) is 5.49. The summed E-state index contributed by atoms with van der Waals surface area (Å²) in [7, 11) is 4.09. The highest BCUT2D eigenvalue weighted by Gasteiger charge is 2.20. The lowest BCUT2D eigenvalue weighted by atomic mass is 9.95. The molecule has 3 N–H and O–H groups in total. The minimum Gasteiger partial charge on any atom is -0.490 e. The molecule has 0 bridgehead atoms. The van der Waals surface area contributed by atoms with Crippen LogP contribution < -0.4 is 10.1 Å². The highest BCUT2D eigenvalue weighted by Crippen LogP contribution is 2.27. The molecule has 1 aliphatic carbocycles. The van der Waals surface area contributed by atoms with Crippen LogP contribution in [0.2, 0.25) is 0 Å². The molecule has 0 spiro atoms. The number of aromatic nitrogens is 2. The first-order chi connectivity index (χ1) is 12.7. The van der Waals surface area contributed by atoms with E-state index in [-0.39, 0.29) is 12.2 Å². The van der Waals surface area contributed by atoms with Gasteiger partial charge in [-0.25, -0.2) is 0 Å². The number of H-pyrrole nitrogens is 1. The molecule has 0 atom stereocenters. The standard InChI is InChI=1S/C20H30N4O2/c1-21-11-12-24(2)14-16-13-22-23-20(16)15-3-7-18(8-4-15)26-19-9-5-17(25)6-10-19/h3-4,7-8,13,17,19,21,25H,5-6,9-12,14H2,1-2H3,(H,22,23). The summed E-state index contributed by atoms with van der Waals surface area (Å²) in [5.74, 6) is 0.891. The SMILES string of the molecule is CNCCN(C)Cc1cn[nH]c1-c1ccc(OC2CCC(O)CC2)cc1. The number of hydrogen-bond acceptors (Lipinski definition) is 5. The Bertz CT molecular complexity index is 663. The van der Waals surface area contributed by atoms with E-state index in [1.54, 1.807) is 0 Å². The molecule has 0 radical (unpaired) electrons. The van der Waals surface area contributed by atoms with Crippen LogP contribution in [0.4, 0.5) is 0 Å². The van der Waals surface area contributed by atoms with Gasteiger partial charge in [-0.1, -0.05) is 0 Å². The lowest BCUT2D eigenvalue weighted by Crippen LogP contribution is -2.27. The van der Waals surface area contributed by atoms with Crippen molar-refractivity contribution in [1.82, 2.24) is 20.4 Å². The Kier molecular flexibility index (Phi) is 6.66. The Morgan fingerprint density at radius 2 is 1.96 bits per heavy atom. The van der Waals surface area contributed by atoms with Crippen LogP contribution >= 0.6 is 0 Å². The van der Waals surface area contributed by atoms with Gasteiger partial charge >= 0.3 is 0 Å². The average Bonchev–Trinajstić information content (AvgIpc) is 3.10. The fourth-order valence-electron chi connectivity index (χ4n) is 3.41. The van der Waals surface area contributed by atoms with Crippen molar-refractivity contribution in [2.75, 3.05) is 27.2 Å². The molecule has 0 unspecified atom stereocenters. The zero-order valence-corrected chi connectivity index (χ0v) is 15.7. The molecule has 6 heteroatoms. The van der Waals surface area contributed by atoms with Crippen molar-refractivity contribution in [3.05, 3.63) is 36.0 Å². The van der Waals surface area contributed by atoms with E-state index in [9.17, 15) is 5.11 Å². The van der Waals surface area contributed by atoms with E-state index in [1.807, 2.05) is 25.4 Å². The number of likely N-dealkylation sites (N-methyl/N-ethyl adjacent to an activating group) is 2. The predicted octanol–water partition coefficient (Wildman–Crippen LogP) is 2.41. The summed E-state index contributed by atoms with van der Waals surface area (Å²) < 4.78 is 6.06. The third kappa shape index (κ3) is 5.06. The minimum absolute atomic E-state index is 0.151. The highest BCUT2D eigenvalue weighted by atomic mass is 16.5. The Balaban J connectivity index is 1.61. The number of ether oxygens (including phenoxy) is 1. The van der Waals surface area contributed by atoms with Crippen molar-refractivity contribution < 1.29 is 9.84 Å². The van der Waals surface area contributed by atoms with Crippen molar-refractivity contribution in [3.63, 3.8) is 0 Å². The van der Waals surface area contributed by atoms with E-state index in [4.69, 9.17) is 4.74 Å².